The fourth-order valence-electron chi connectivity index (χ4n) is 1.53. The molecule has 2 N–H and O–H groups in total. The van der Waals surface area contributed by atoms with E-state index in [0.29, 0.717) is 5.82 Å². The number of pyridine rings is 2. The lowest BCUT2D eigenvalue weighted by molar-refractivity contribution is 0.600. The zero-order valence-electron chi connectivity index (χ0n) is 11.4. The van der Waals surface area contributed by atoms with E-state index >= 15 is 0 Å². The average molecular weight is 371 g/mol. The molecule has 0 radical (unpaired) electrons. The van der Waals surface area contributed by atoms with Gasteiger partial charge in [-0.15, -0.1) is 0 Å². The second kappa shape index (κ2) is 6.86. The minimum Gasteiger partial charge on any atom is -0.370 e. The lowest BCUT2D eigenvalue weighted by atomic mass is 10.4. The fourth-order valence-corrected chi connectivity index (χ4v) is 2.72. The van der Waals surface area contributed by atoms with Gasteiger partial charge in [-0.2, -0.15) is 0 Å². The smallest absolute Gasteiger partial charge is 0.264 e. The predicted molar refractivity (Wildman–Crippen MR) is 85.8 cm³/mol. The maximum absolute atomic E-state index is 12.2. The topological polar surface area (TPSA) is 84.0 Å². The van der Waals surface area contributed by atoms with Gasteiger partial charge in [0.15, 0.2) is 0 Å². The fraction of sp³-hybridized carbons (Fsp3) is 0.231. The van der Waals surface area contributed by atoms with Crippen molar-refractivity contribution in [2.24, 2.45) is 0 Å². The Labute approximate surface area is 132 Å². The summed E-state index contributed by atoms with van der Waals surface area (Å²) < 4.78 is 27.6. The van der Waals surface area contributed by atoms with Crippen molar-refractivity contribution in [1.29, 1.82) is 0 Å². The van der Waals surface area contributed by atoms with E-state index in [1.54, 1.807) is 18.2 Å². The predicted octanol–water partition coefficient (Wildman–Crippen LogP) is 2.86. The SMILES string of the molecule is CCCNc1ccc(S(=O)(=O)Nc2ccc(Br)cn2)cn1. The zero-order chi connectivity index (χ0) is 15.3. The number of rotatable bonds is 6. The molecule has 0 unspecified atom stereocenters. The van der Waals surface area contributed by atoms with E-state index in [-0.39, 0.29) is 10.7 Å². The molecule has 0 saturated heterocycles. The van der Waals surface area contributed by atoms with E-state index in [1.165, 1.54) is 18.5 Å². The van der Waals surface area contributed by atoms with Crippen molar-refractivity contribution in [2.45, 2.75) is 18.2 Å². The van der Waals surface area contributed by atoms with Gasteiger partial charge in [0.2, 0.25) is 0 Å². The lowest BCUT2D eigenvalue weighted by Crippen LogP contribution is -2.14. The Kier molecular flexibility index (Phi) is 5.13. The number of halogens is 1. The first-order valence-corrected chi connectivity index (χ1v) is 8.63. The van der Waals surface area contributed by atoms with Crippen LogP contribution >= 0.6 is 15.9 Å². The van der Waals surface area contributed by atoms with Gasteiger partial charge in [-0.05, 0) is 46.6 Å². The molecular formula is C13H15BrN4O2S. The van der Waals surface area contributed by atoms with Crippen molar-refractivity contribution < 1.29 is 8.42 Å². The zero-order valence-corrected chi connectivity index (χ0v) is 13.8. The van der Waals surface area contributed by atoms with Crippen LogP contribution in [0.15, 0.2) is 46.0 Å². The Morgan fingerprint density at radius 1 is 1.10 bits per heavy atom. The van der Waals surface area contributed by atoms with Crippen LogP contribution in [0, 0.1) is 0 Å². The Balaban J connectivity index is 2.13. The summed E-state index contributed by atoms with van der Waals surface area (Å²) in [7, 11) is -3.68. The van der Waals surface area contributed by atoms with Crippen LogP contribution in [0.5, 0.6) is 0 Å². The normalized spacial score (nSPS) is 11.1. The van der Waals surface area contributed by atoms with Gasteiger partial charge in [-0.1, -0.05) is 6.92 Å². The summed E-state index contributed by atoms with van der Waals surface area (Å²) in [5, 5.41) is 3.09. The quantitative estimate of drug-likeness (QED) is 0.816. The molecule has 8 heteroatoms. The summed E-state index contributed by atoms with van der Waals surface area (Å²) in [5.74, 6) is 0.906. The third kappa shape index (κ3) is 4.40. The van der Waals surface area contributed by atoms with E-state index in [0.717, 1.165) is 17.4 Å². The molecule has 112 valence electrons. The average Bonchev–Trinajstić information content (AvgIpc) is 2.48. The molecule has 0 fully saturated rings. The molecule has 0 aliphatic rings. The molecule has 0 saturated carbocycles. The van der Waals surface area contributed by atoms with E-state index in [9.17, 15) is 8.42 Å². The van der Waals surface area contributed by atoms with Crippen LogP contribution in [0.4, 0.5) is 11.6 Å². The standard InChI is InChI=1S/C13H15BrN4O2S/c1-2-7-15-12-6-4-11(9-17-12)21(19,20)18-13-5-3-10(14)8-16-13/h3-6,8-9H,2,7H2,1H3,(H,15,17)(H,16,18). The molecule has 0 aliphatic heterocycles. The van der Waals surface area contributed by atoms with E-state index in [1.807, 2.05) is 6.92 Å². The molecular weight excluding hydrogens is 356 g/mol. The first kappa shape index (κ1) is 15.7. The van der Waals surface area contributed by atoms with Gasteiger partial charge < -0.3 is 5.32 Å². The molecule has 0 atom stereocenters. The van der Waals surface area contributed by atoms with Crippen molar-refractivity contribution in [2.75, 3.05) is 16.6 Å². The first-order chi connectivity index (χ1) is 10.0. The van der Waals surface area contributed by atoms with E-state index < -0.39 is 10.0 Å². The molecule has 0 spiro atoms. The Morgan fingerprint density at radius 2 is 1.81 bits per heavy atom. The van der Waals surface area contributed by atoms with Gasteiger partial charge in [0.1, 0.15) is 16.5 Å². The third-order valence-corrected chi connectivity index (χ3v) is 4.38. The number of hydrogen-bond donors (Lipinski definition) is 2. The number of aromatic nitrogens is 2. The summed E-state index contributed by atoms with van der Waals surface area (Å²) in [6.07, 6.45) is 3.81. The summed E-state index contributed by atoms with van der Waals surface area (Å²) in [6, 6.07) is 6.43. The minimum absolute atomic E-state index is 0.0919. The van der Waals surface area contributed by atoms with Crippen LogP contribution in [0.1, 0.15) is 13.3 Å². The van der Waals surface area contributed by atoms with Gasteiger partial charge in [0, 0.05) is 23.4 Å². The van der Waals surface area contributed by atoms with Crippen molar-refractivity contribution in [1.82, 2.24) is 9.97 Å². The maximum Gasteiger partial charge on any atom is 0.264 e. The molecule has 0 amide bonds. The van der Waals surface area contributed by atoms with Gasteiger partial charge >= 0.3 is 0 Å². The van der Waals surface area contributed by atoms with Gasteiger partial charge in [-0.25, -0.2) is 18.4 Å². The lowest BCUT2D eigenvalue weighted by Gasteiger charge is -2.08. The molecule has 2 rings (SSSR count). The summed E-state index contributed by atoms with van der Waals surface area (Å²) in [6.45, 7) is 2.83. The second-order valence-electron chi connectivity index (χ2n) is 4.27. The van der Waals surface area contributed by atoms with Gasteiger partial charge in [0.25, 0.3) is 10.0 Å². The number of anilines is 2. The third-order valence-electron chi connectivity index (χ3n) is 2.57. The molecule has 0 aliphatic carbocycles. The summed E-state index contributed by atoms with van der Waals surface area (Å²) in [4.78, 5) is 8.15. The number of sulfonamides is 1. The van der Waals surface area contributed by atoms with E-state index in [4.69, 9.17) is 0 Å². The molecule has 2 aromatic rings. The monoisotopic (exact) mass is 370 g/mol. The van der Waals surface area contributed by atoms with Gasteiger partial charge in [-0.3, -0.25) is 4.72 Å². The molecule has 2 aromatic heterocycles. The van der Waals surface area contributed by atoms with Crippen LogP contribution in [0.25, 0.3) is 0 Å². The van der Waals surface area contributed by atoms with Crippen molar-refractivity contribution in [3.63, 3.8) is 0 Å². The summed E-state index contributed by atoms with van der Waals surface area (Å²) >= 11 is 3.24. The number of nitrogens with zero attached hydrogens (tertiary/aromatic N) is 2. The molecule has 21 heavy (non-hydrogen) atoms. The largest absolute Gasteiger partial charge is 0.370 e. The minimum atomic E-state index is -3.68. The molecule has 0 bridgehead atoms. The Morgan fingerprint density at radius 3 is 2.38 bits per heavy atom. The first-order valence-electron chi connectivity index (χ1n) is 6.35. The molecule has 6 nitrogen and oxygen atoms in total. The van der Waals surface area contributed by atoms with Crippen LogP contribution in [-0.4, -0.2) is 24.9 Å². The second-order valence-corrected chi connectivity index (χ2v) is 6.87. The van der Waals surface area contributed by atoms with Crippen LogP contribution in [-0.2, 0) is 10.0 Å². The highest BCUT2D eigenvalue weighted by molar-refractivity contribution is 9.10. The highest BCUT2D eigenvalue weighted by Gasteiger charge is 2.15. The Bertz CT molecular complexity index is 687. The van der Waals surface area contributed by atoms with E-state index in [2.05, 4.69) is 35.9 Å². The number of nitrogens with one attached hydrogen (secondary N) is 2. The number of hydrogen-bond acceptors (Lipinski definition) is 5. The van der Waals surface area contributed by atoms with Crippen LogP contribution in [0.3, 0.4) is 0 Å². The molecule has 0 aromatic carbocycles. The van der Waals surface area contributed by atoms with Gasteiger partial charge in [0.05, 0.1) is 0 Å². The van der Waals surface area contributed by atoms with Crippen molar-refractivity contribution >= 4 is 37.6 Å². The maximum atomic E-state index is 12.2. The summed E-state index contributed by atoms with van der Waals surface area (Å²) in [5.41, 5.74) is 0. The van der Waals surface area contributed by atoms with Crippen molar-refractivity contribution in [3.8, 4) is 0 Å². The van der Waals surface area contributed by atoms with Crippen LogP contribution in [0.2, 0.25) is 0 Å². The van der Waals surface area contributed by atoms with Crippen LogP contribution < -0.4 is 10.0 Å². The Hall–Kier alpha value is -1.67. The molecule has 2 heterocycles. The van der Waals surface area contributed by atoms with Crippen molar-refractivity contribution in [3.05, 3.63) is 41.1 Å². The highest BCUT2D eigenvalue weighted by atomic mass is 79.9. The highest BCUT2D eigenvalue weighted by Crippen LogP contribution is 2.16.